The van der Waals surface area contributed by atoms with E-state index in [1.54, 1.807) is 12.5 Å². The zero-order valence-corrected chi connectivity index (χ0v) is 11.9. The number of hydrogen-bond donors (Lipinski definition) is 1. The fourth-order valence-electron chi connectivity index (χ4n) is 1.89. The molecule has 0 aliphatic heterocycles. The first-order valence-electron chi connectivity index (χ1n) is 6.47. The van der Waals surface area contributed by atoms with Crippen molar-refractivity contribution in [3.8, 4) is 5.88 Å². The summed E-state index contributed by atoms with van der Waals surface area (Å²) >= 11 is 0. The predicted molar refractivity (Wildman–Crippen MR) is 77.9 cm³/mol. The zero-order valence-electron chi connectivity index (χ0n) is 11.9. The van der Waals surface area contributed by atoms with Crippen LogP contribution in [0.15, 0.2) is 33.3 Å². The number of rotatable bonds is 5. The van der Waals surface area contributed by atoms with Crippen LogP contribution in [0.4, 0.5) is 0 Å². The maximum absolute atomic E-state index is 11.9. The minimum atomic E-state index is -0.574. The van der Waals surface area contributed by atoms with Crippen LogP contribution in [0.5, 0.6) is 5.88 Å². The number of aromatic nitrogens is 4. The maximum Gasteiger partial charge on any atom is 0.333 e. The number of aromatic hydroxyl groups is 1. The normalized spacial score (nSPS) is 11.3. The summed E-state index contributed by atoms with van der Waals surface area (Å²) in [4.78, 5) is 31.5. The van der Waals surface area contributed by atoms with E-state index in [0.717, 1.165) is 22.1 Å². The lowest BCUT2D eigenvalue weighted by atomic mass is 10.3. The van der Waals surface area contributed by atoms with Crippen molar-refractivity contribution in [2.24, 2.45) is 19.1 Å². The SMILES string of the molecule is Cn1c(O)c(C=NCCCn2ccnc2)c(=O)n(C)c1=O. The van der Waals surface area contributed by atoms with Gasteiger partial charge >= 0.3 is 5.69 Å². The highest BCUT2D eigenvalue weighted by Crippen LogP contribution is 2.05. The molecular formula is C13H17N5O3. The number of aryl methyl sites for hydroxylation is 1. The Hall–Kier alpha value is -2.64. The maximum atomic E-state index is 11.9. The fraction of sp³-hybridized carbons (Fsp3) is 0.385. The van der Waals surface area contributed by atoms with Crippen LogP contribution in [0.3, 0.4) is 0 Å². The Morgan fingerprint density at radius 1 is 1.33 bits per heavy atom. The van der Waals surface area contributed by atoms with Crippen LogP contribution in [-0.4, -0.2) is 36.6 Å². The third kappa shape index (κ3) is 3.10. The van der Waals surface area contributed by atoms with Gasteiger partial charge in [0.25, 0.3) is 5.56 Å². The number of imidazole rings is 1. The summed E-state index contributed by atoms with van der Waals surface area (Å²) in [5, 5.41) is 9.84. The summed E-state index contributed by atoms with van der Waals surface area (Å²) in [5.41, 5.74) is -1.12. The Bertz CT molecular complexity index is 755. The van der Waals surface area contributed by atoms with E-state index < -0.39 is 11.2 Å². The van der Waals surface area contributed by atoms with Crippen molar-refractivity contribution in [2.45, 2.75) is 13.0 Å². The quantitative estimate of drug-likeness (QED) is 0.593. The van der Waals surface area contributed by atoms with Crippen molar-refractivity contribution in [3.63, 3.8) is 0 Å². The van der Waals surface area contributed by atoms with Crippen LogP contribution in [0, 0.1) is 0 Å². The molecule has 0 atom stereocenters. The minimum absolute atomic E-state index is 0.0160. The van der Waals surface area contributed by atoms with Gasteiger partial charge in [0.1, 0.15) is 5.56 Å². The average Bonchev–Trinajstić information content (AvgIpc) is 2.99. The van der Waals surface area contributed by atoms with Crippen molar-refractivity contribution in [1.29, 1.82) is 0 Å². The molecule has 0 bridgehead atoms. The third-order valence-electron chi connectivity index (χ3n) is 3.15. The first kappa shape index (κ1) is 14.8. The molecule has 0 aliphatic carbocycles. The van der Waals surface area contributed by atoms with Crippen molar-refractivity contribution >= 4 is 6.21 Å². The molecule has 2 heterocycles. The Labute approximate surface area is 120 Å². The summed E-state index contributed by atoms with van der Waals surface area (Å²) < 4.78 is 3.87. The Kier molecular flexibility index (Phi) is 4.36. The summed E-state index contributed by atoms with van der Waals surface area (Å²) in [7, 11) is 2.76. The van der Waals surface area contributed by atoms with E-state index in [4.69, 9.17) is 0 Å². The van der Waals surface area contributed by atoms with Gasteiger partial charge < -0.3 is 9.67 Å². The first-order valence-corrected chi connectivity index (χ1v) is 6.47. The fourth-order valence-corrected chi connectivity index (χ4v) is 1.89. The van der Waals surface area contributed by atoms with Gasteiger partial charge in [0.2, 0.25) is 5.88 Å². The molecule has 8 heteroatoms. The molecule has 0 aromatic carbocycles. The molecule has 112 valence electrons. The second-order valence-corrected chi connectivity index (χ2v) is 4.63. The Morgan fingerprint density at radius 2 is 2.10 bits per heavy atom. The van der Waals surface area contributed by atoms with E-state index in [0.29, 0.717) is 6.54 Å². The smallest absolute Gasteiger partial charge is 0.333 e. The third-order valence-corrected chi connectivity index (χ3v) is 3.15. The Balaban J connectivity index is 2.07. The molecule has 2 rings (SSSR count). The predicted octanol–water partition coefficient (Wildman–Crippen LogP) is -0.505. The van der Waals surface area contributed by atoms with Crippen LogP contribution in [0.1, 0.15) is 12.0 Å². The van der Waals surface area contributed by atoms with Crippen LogP contribution in [0.25, 0.3) is 0 Å². The van der Waals surface area contributed by atoms with Crippen LogP contribution < -0.4 is 11.2 Å². The summed E-state index contributed by atoms with van der Waals surface area (Å²) in [5.74, 6) is -0.374. The van der Waals surface area contributed by atoms with Gasteiger partial charge in [-0.25, -0.2) is 9.78 Å². The van der Waals surface area contributed by atoms with E-state index in [9.17, 15) is 14.7 Å². The van der Waals surface area contributed by atoms with E-state index in [1.165, 1.54) is 20.3 Å². The molecule has 0 spiro atoms. The highest BCUT2D eigenvalue weighted by atomic mass is 16.3. The van der Waals surface area contributed by atoms with Gasteiger partial charge in [-0.1, -0.05) is 0 Å². The van der Waals surface area contributed by atoms with Crippen molar-refractivity contribution < 1.29 is 5.11 Å². The van der Waals surface area contributed by atoms with E-state index in [2.05, 4.69) is 9.98 Å². The van der Waals surface area contributed by atoms with E-state index in [-0.39, 0.29) is 11.4 Å². The van der Waals surface area contributed by atoms with E-state index >= 15 is 0 Å². The van der Waals surface area contributed by atoms with Gasteiger partial charge in [0.15, 0.2) is 0 Å². The number of nitrogens with zero attached hydrogens (tertiary/aromatic N) is 5. The number of hydrogen-bond acceptors (Lipinski definition) is 5. The monoisotopic (exact) mass is 291 g/mol. The molecule has 0 unspecified atom stereocenters. The van der Waals surface area contributed by atoms with E-state index in [1.807, 2.05) is 10.8 Å². The molecule has 0 amide bonds. The molecule has 0 fully saturated rings. The van der Waals surface area contributed by atoms with Gasteiger partial charge in [-0.2, -0.15) is 0 Å². The van der Waals surface area contributed by atoms with Crippen LogP contribution >= 0.6 is 0 Å². The lowest BCUT2D eigenvalue weighted by Gasteiger charge is -2.07. The summed E-state index contributed by atoms with van der Waals surface area (Å²) in [6.07, 6.45) is 7.37. The molecule has 2 aromatic rings. The highest BCUT2D eigenvalue weighted by Gasteiger charge is 2.12. The number of aliphatic imine (C=N–C) groups is 1. The second-order valence-electron chi connectivity index (χ2n) is 4.63. The Morgan fingerprint density at radius 3 is 2.76 bits per heavy atom. The highest BCUT2D eigenvalue weighted by molar-refractivity contribution is 5.81. The van der Waals surface area contributed by atoms with Crippen molar-refractivity contribution in [1.82, 2.24) is 18.7 Å². The molecule has 0 saturated carbocycles. The van der Waals surface area contributed by atoms with Gasteiger partial charge in [0, 0.05) is 45.8 Å². The summed E-state index contributed by atoms with van der Waals surface area (Å²) in [6, 6.07) is 0. The van der Waals surface area contributed by atoms with Crippen LogP contribution in [0.2, 0.25) is 0 Å². The van der Waals surface area contributed by atoms with Gasteiger partial charge in [-0.3, -0.25) is 18.9 Å². The average molecular weight is 291 g/mol. The lowest BCUT2D eigenvalue weighted by molar-refractivity contribution is 0.410. The van der Waals surface area contributed by atoms with Crippen molar-refractivity contribution in [2.75, 3.05) is 6.54 Å². The largest absolute Gasteiger partial charge is 0.494 e. The molecular weight excluding hydrogens is 274 g/mol. The molecule has 0 radical (unpaired) electrons. The van der Waals surface area contributed by atoms with Crippen molar-refractivity contribution in [3.05, 3.63) is 45.1 Å². The minimum Gasteiger partial charge on any atom is -0.494 e. The van der Waals surface area contributed by atoms with Gasteiger partial charge in [-0.05, 0) is 6.42 Å². The molecule has 0 saturated heterocycles. The lowest BCUT2D eigenvalue weighted by Crippen LogP contribution is -2.38. The summed E-state index contributed by atoms with van der Waals surface area (Å²) in [6.45, 7) is 1.28. The topological polar surface area (TPSA) is 94.4 Å². The standard InChI is InChI=1S/C13H17N5O3/c1-16-11(19)10(12(20)17(2)13(16)21)8-14-4-3-6-18-7-5-15-9-18/h5,7-9,19H,3-4,6H2,1-2H3. The zero-order chi connectivity index (χ0) is 15.4. The first-order chi connectivity index (χ1) is 10.0. The molecule has 8 nitrogen and oxygen atoms in total. The molecule has 21 heavy (non-hydrogen) atoms. The second kappa shape index (κ2) is 6.21. The van der Waals surface area contributed by atoms with Gasteiger partial charge in [0.05, 0.1) is 6.33 Å². The molecule has 1 N–H and O–H groups in total. The van der Waals surface area contributed by atoms with Gasteiger partial charge in [-0.15, -0.1) is 0 Å². The van der Waals surface area contributed by atoms with Crippen LogP contribution in [-0.2, 0) is 20.6 Å². The molecule has 2 aromatic heterocycles. The molecule has 0 aliphatic rings.